The molecule has 0 unspecified atom stereocenters. The van der Waals surface area contributed by atoms with Crippen LogP contribution in [0.5, 0.6) is 11.5 Å². The van der Waals surface area contributed by atoms with Gasteiger partial charge in [-0.05, 0) is 61.6 Å². The molecule has 1 aliphatic heterocycles. The Kier molecular flexibility index (Phi) is 7.18. The summed E-state index contributed by atoms with van der Waals surface area (Å²) < 4.78 is 11.0. The molecule has 3 rings (SSSR count). The molecule has 5 nitrogen and oxygen atoms in total. The van der Waals surface area contributed by atoms with Crippen LogP contribution >= 0.6 is 0 Å². The maximum absolute atomic E-state index is 12.5. The average Bonchev–Trinajstić information content (AvgIpc) is 2.75. The van der Waals surface area contributed by atoms with Crippen molar-refractivity contribution in [1.82, 2.24) is 5.32 Å². The molecule has 2 aromatic carbocycles. The number of aryl methyl sites for hydroxylation is 1. The second kappa shape index (κ2) is 10.0. The van der Waals surface area contributed by atoms with E-state index in [1.165, 1.54) is 17.7 Å². The van der Waals surface area contributed by atoms with Gasteiger partial charge in [-0.25, -0.2) is 0 Å². The van der Waals surface area contributed by atoms with Crippen molar-refractivity contribution in [3.05, 3.63) is 54.1 Å². The van der Waals surface area contributed by atoms with Crippen LogP contribution in [0.2, 0.25) is 0 Å². The summed E-state index contributed by atoms with van der Waals surface area (Å²) in [7, 11) is 1.63. The lowest BCUT2D eigenvalue weighted by Gasteiger charge is -2.31. The van der Waals surface area contributed by atoms with Crippen molar-refractivity contribution >= 4 is 11.6 Å². The minimum absolute atomic E-state index is 0.0580. The number of methoxy groups -OCH3 is 1. The minimum Gasteiger partial charge on any atom is -0.497 e. The monoisotopic (exact) mass is 382 g/mol. The fourth-order valence-corrected chi connectivity index (χ4v) is 3.58. The Hall–Kier alpha value is -2.69. The number of rotatable bonds is 9. The van der Waals surface area contributed by atoms with E-state index in [1.54, 1.807) is 7.11 Å². The van der Waals surface area contributed by atoms with Gasteiger partial charge in [0.25, 0.3) is 5.91 Å². The van der Waals surface area contributed by atoms with Crippen molar-refractivity contribution in [1.29, 1.82) is 0 Å². The molecular formula is C23H30N2O3. The average molecular weight is 383 g/mol. The number of nitrogens with zero attached hydrogens (tertiary/aromatic N) is 1. The Bertz CT molecular complexity index is 761. The molecule has 1 heterocycles. The summed E-state index contributed by atoms with van der Waals surface area (Å²) in [4.78, 5) is 14.9. The second-order valence-electron chi connectivity index (χ2n) is 7.05. The molecule has 2 aromatic rings. The molecule has 1 atom stereocenters. The first kappa shape index (κ1) is 20.1. The highest BCUT2D eigenvalue weighted by Crippen LogP contribution is 2.26. The van der Waals surface area contributed by atoms with Gasteiger partial charge in [-0.3, -0.25) is 4.79 Å². The van der Waals surface area contributed by atoms with Crippen LogP contribution < -0.4 is 19.7 Å². The fourth-order valence-electron chi connectivity index (χ4n) is 3.58. The van der Waals surface area contributed by atoms with Crippen molar-refractivity contribution < 1.29 is 14.3 Å². The van der Waals surface area contributed by atoms with E-state index in [0.717, 1.165) is 31.7 Å². The number of hydrogen-bond acceptors (Lipinski definition) is 4. The number of nitrogens with one attached hydrogen (secondary N) is 1. The third-order valence-electron chi connectivity index (χ3n) is 5.11. The summed E-state index contributed by atoms with van der Waals surface area (Å²) >= 11 is 0. The number of carbonyl (C=O) groups excluding carboxylic acids is 1. The van der Waals surface area contributed by atoms with E-state index >= 15 is 0 Å². The van der Waals surface area contributed by atoms with Crippen LogP contribution in [0, 0.1) is 0 Å². The van der Waals surface area contributed by atoms with Gasteiger partial charge in [0.05, 0.1) is 7.11 Å². The normalized spacial score (nSPS) is 14.1. The number of anilines is 1. The zero-order valence-corrected chi connectivity index (χ0v) is 16.8. The first-order valence-corrected chi connectivity index (χ1v) is 10.1. The summed E-state index contributed by atoms with van der Waals surface area (Å²) in [5, 5.41) is 3.02. The number of fused-ring (bicyclic) bond motifs is 1. The van der Waals surface area contributed by atoms with Crippen LogP contribution in [-0.2, 0) is 11.2 Å². The van der Waals surface area contributed by atoms with E-state index in [9.17, 15) is 4.79 Å². The molecule has 0 bridgehead atoms. The van der Waals surface area contributed by atoms with Gasteiger partial charge in [-0.2, -0.15) is 0 Å². The lowest BCUT2D eigenvalue weighted by molar-refractivity contribution is -0.128. The summed E-state index contributed by atoms with van der Waals surface area (Å²) in [5.74, 6) is 1.38. The van der Waals surface area contributed by atoms with Gasteiger partial charge in [0.2, 0.25) is 0 Å². The molecule has 150 valence electrons. The van der Waals surface area contributed by atoms with Crippen molar-refractivity contribution in [2.24, 2.45) is 0 Å². The topological polar surface area (TPSA) is 50.8 Å². The van der Waals surface area contributed by atoms with Crippen LogP contribution in [0.1, 0.15) is 31.7 Å². The standard InChI is InChI=1S/C23H30N2O3/c1-3-22(28-20-13-11-19(27-2)12-14-20)23(26)24-15-7-17-25-16-6-9-18-8-4-5-10-21(18)25/h4-5,8,10-14,22H,3,6-7,9,15-17H2,1-2H3,(H,24,26)/t22-/m0/s1. The van der Waals surface area contributed by atoms with Crippen LogP contribution in [0.25, 0.3) is 0 Å². The van der Waals surface area contributed by atoms with E-state index in [0.29, 0.717) is 18.7 Å². The zero-order valence-electron chi connectivity index (χ0n) is 16.8. The van der Waals surface area contributed by atoms with E-state index in [1.807, 2.05) is 31.2 Å². The predicted octanol–water partition coefficient (Wildman–Crippen LogP) is 3.81. The van der Waals surface area contributed by atoms with Gasteiger partial charge >= 0.3 is 0 Å². The van der Waals surface area contributed by atoms with Gasteiger partial charge < -0.3 is 19.7 Å². The maximum atomic E-state index is 12.5. The second-order valence-corrected chi connectivity index (χ2v) is 7.05. The van der Waals surface area contributed by atoms with Crippen LogP contribution in [0.3, 0.4) is 0 Å². The largest absolute Gasteiger partial charge is 0.497 e. The van der Waals surface area contributed by atoms with E-state index in [-0.39, 0.29) is 5.91 Å². The molecule has 0 spiro atoms. The first-order valence-electron chi connectivity index (χ1n) is 10.1. The molecule has 0 aromatic heterocycles. The van der Waals surface area contributed by atoms with E-state index in [2.05, 4.69) is 34.5 Å². The number of para-hydroxylation sites is 1. The van der Waals surface area contributed by atoms with Crippen LogP contribution in [0.4, 0.5) is 5.69 Å². The molecule has 0 aliphatic carbocycles. The molecule has 0 radical (unpaired) electrons. The number of ether oxygens (including phenoxy) is 2. The number of hydrogen-bond donors (Lipinski definition) is 1. The SMILES string of the molecule is CC[C@H](Oc1ccc(OC)cc1)C(=O)NCCCN1CCCc2ccccc21. The molecule has 0 saturated carbocycles. The summed E-state index contributed by atoms with van der Waals surface area (Å²) in [6, 6.07) is 15.9. The van der Waals surface area contributed by atoms with Gasteiger partial charge in [0, 0.05) is 25.3 Å². The highest BCUT2D eigenvalue weighted by atomic mass is 16.5. The van der Waals surface area contributed by atoms with Crippen molar-refractivity contribution in [2.45, 2.75) is 38.7 Å². The lowest BCUT2D eigenvalue weighted by Crippen LogP contribution is -2.39. The Balaban J connectivity index is 1.44. The van der Waals surface area contributed by atoms with Gasteiger partial charge in [0.15, 0.2) is 6.10 Å². The Morgan fingerprint density at radius 1 is 1.14 bits per heavy atom. The third kappa shape index (κ3) is 5.18. The van der Waals surface area contributed by atoms with Crippen molar-refractivity contribution in [3.63, 3.8) is 0 Å². The maximum Gasteiger partial charge on any atom is 0.261 e. The molecule has 0 saturated heterocycles. The lowest BCUT2D eigenvalue weighted by atomic mass is 10.0. The summed E-state index contributed by atoms with van der Waals surface area (Å²) in [6.07, 6.45) is 3.40. The Labute approximate surface area is 167 Å². The smallest absolute Gasteiger partial charge is 0.261 e. The zero-order chi connectivity index (χ0) is 19.8. The predicted molar refractivity (Wildman–Crippen MR) is 112 cm³/mol. The van der Waals surface area contributed by atoms with Gasteiger partial charge in [-0.1, -0.05) is 25.1 Å². The van der Waals surface area contributed by atoms with Crippen molar-refractivity contribution in [2.75, 3.05) is 31.6 Å². The molecule has 1 N–H and O–H groups in total. The van der Waals surface area contributed by atoms with E-state index in [4.69, 9.17) is 9.47 Å². The summed E-state index contributed by atoms with van der Waals surface area (Å²) in [6.45, 7) is 4.65. The highest BCUT2D eigenvalue weighted by Gasteiger charge is 2.19. The molecule has 1 aliphatic rings. The Morgan fingerprint density at radius 2 is 1.89 bits per heavy atom. The van der Waals surface area contributed by atoms with Crippen LogP contribution in [0.15, 0.2) is 48.5 Å². The van der Waals surface area contributed by atoms with Gasteiger partial charge in [-0.15, -0.1) is 0 Å². The highest BCUT2D eigenvalue weighted by molar-refractivity contribution is 5.81. The van der Waals surface area contributed by atoms with Gasteiger partial charge in [0.1, 0.15) is 11.5 Å². The molecular weight excluding hydrogens is 352 g/mol. The summed E-state index contributed by atoms with van der Waals surface area (Å²) in [5.41, 5.74) is 2.77. The number of carbonyl (C=O) groups is 1. The molecule has 5 heteroatoms. The minimum atomic E-state index is -0.482. The van der Waals surface area contributed by atoms with E-state index < -0.39 is 6.10 Å². The number of amides is 1. The fraction of sp³-hybridized carbons (Fsp3) is 0.435. The first-order chi connectivity index (χ1) is 13.7. The van der Waals surface area contributed by atoms with Crippen molar-refractivity contribution in [3.8, 4) is 11.5 Å². The molecule has 28 heavy (non-hydrogen) atoms. The quantitative estimate of drug-likeness (QED) is 0.670. The number of benzene rings is 2. The third-order valence-corrected chi connectivity index (χ3v) is 5.11. The molecule has 0 fully saturated rings. The Morgan fingerprint density at radius 3 is 2.64 bits per heavy atom. The molecule has 1 amide bonds. The van der Waals surface area contributed by atoms with Crippen LogP contribution in [-0.4, -0.2) is 38.8 Å².